The number of halogens is 2. The molecule has 0 heterocycles. The summed E-state index contributed by atoms with van der Waals surface area (Å²) in [7, 11) is 0. The van der Waals surface area contributed by atoms with E-state index in [1.165, 1.54) is 0 Å². The molecule has 0 saturated heterocycles. The number of ether oxygens (including phenoxy) is 1. The molecule has 1 atom stereocenters. The summed E-state index contributed by atoms with van der Waals surface area (Å²) >= 11 is 0. The highest BCUT2D eigenvalue weighted by atomic mass is 19.2. The predicted molar refractivity (Wildman–Crippen MR) is 76.1 cm³/mol. The van der Waals surface area contributed by atoms with Gasteiger partial charge in [0.25, 0.3) is 0 Å². The van der Waals surface area contributed by atoms with E-state index in [9.17, 15) is 23.2 Å². The van der Waals surface area contributed by atoms with E-state index in [1.807, 2.05) is 0 Å². The van der Waals surface area contributed by atoms with E-state index in [4.69, 9.17) is 9.84 Å². The fourth-order valence-corrected chi connectivity index (χ4v) is 1.62. The van der Waals surface area contributed by atoms with Crippen molar-refractivity contribution in [2.75, 3.05) is 0 Å². The van der Waals surface area contributed by atoms with Gasteiger partial charge in [-0.2, -0.15) is 0 Å². The van der Waals surface area contributed by atoms with Crippen molar-refractivity contribution >= 4 is 17.8 Å². The zero-order valence-corrected chi connectivity index (χ0v) is 12.9. The number of carbonyl (C=O) groups is 3. The van der Waals surface area contributed by atoms with Gasteiger partial charge in [0.15, 0.2) is 17.4 Å². The molecule has 0 saturated carbocycles. The maximum absolute atomic E-state index is 13.1. The quantitative estimate of drug-likeness (QED) is 0.810. The summed E-state index contributed by atoms with van der Waals surface area (Å²) < 4.78 is 30.8. The molecule has 1 aromatic carbocycles. The van der Waals surface area contributed by atoms with Gasteiger partial charge in [0.1, 0.15) is 11.6 Å². The number of carboxylic acid groups (broad SMARTS) is 1. The average Bonchev–Trinajstić information content (AvgIpc) is 2.38. The molecule has 0 aromatic heterocycles. The largest absolute Gasteiger partial charge is 0.480 e. The second-order valence-corrected chi connectivity index (χ2v) is 5.79. The molecule has 0 bridgehead atoms. The van der Waals surface area contributed by atoms with Gasteiger partial charge in [0, 0.05) is 12.0 Å². The third-order valence-electron chi connectivity index (χ3n) is 2.62. The van der Waals surface area contributed by atoms with Crippen LogP contribution in [-0.2, 0) is 9.53 Å². The van der Waals surface area contributed by atoms with Crippen LogP contribution in [0.2, 0.25) is 0 Å². The predicted octanol–water partition coefficient (Wildman–Crippen LogP) is 2.52. The van der Waals surface area contributed by atoms with Crippen molar-refractivity contribution in [3.8, 4) is 0 Å². The first kappa shape index (κ1) is 18.5. The molecule has 0 aliphatic heterocycles. The fourth-order valence-electron chi connectivity index (χ4n) is 1.62. The number of aliphatic carboxylic acids is 1. The van der Waals surface area contributed by atoms with Gasteiger partial charge in [-0.05, 0) is 39.0 Å². The molecule has 126 valence electrons. The van der Waals surface area contributed by atoms with Crippen LogP contribution in [0.5, 0.6) is 0 Å². The van der Waals surface area contributed by atoms with Crippen LogP contribution in [0.1, 0.15) is 37.6 Å². The zero-order valence-electron chi connectivity index (χ0n) is 12.9. The Morgan fingerprint density at radius 2 is 1.83 bits per heavy atom. The van der Waals surface area contributed by atoms with Crippen molar-refractivity contribution in [3.05, 3.63) is 35.4 Å². The third kappa shape index (κ3) is 6.01. The molecule has 0 aliphatic carbocycles. The lowest BCUT2D eigenvalue weighted by Gasteiger charge is -2.21. The monoisotopic (exact) mass is 329 g/mol. The number of hydrogen-bond donors (Lipinski definition) is 2. The molecule has 1 rings (SSSR count). The zero-order chi connectivity index (χ0) is 17.8. The van der Waals surface area contributed by atoms with Crippen molar-refractivity contribution in [3.63, 3.8) is 0 Å². The number of amides is 1. The molecule has 1 aromatic rings. The molecule has 1 unspecified atom stereocenters. The van der Waals surface area contributed by atoms with Gasteiger partial charge in [-0.1, -0.05) is 0 Å². The Bertz CT molecular complexity index is 625. The Labute approximate surface area is 131 Å². The van der Waals surface area contributed by atoms with Gasteiger partial charge < -0.3 is 15.2 Å². The minimum absolute atomic E-state index is 0.193. The summed E-state index contributed by atoms with van der Waals surface area (Å²) in [4.78, 5) is 34.6. The van der Waals surface area contributed by atoms with E-state index < -0.39 is 47.5 Å². The van der Waals surface area contributed by atoms with E-state index in [0.717, 1.165) is 12.1 Å². The lowest BCUT2D eigenvalue weighted by molar-refractivity contribution is -0.139. The van der Waals surface area contributed by atoms with Gasteiger partial charge >= 0.3 is 12.1 Å². The molecule has 6 nitrogen and oxygen atoms in total. The molecule has 0 radical (unpaired) electrons. The Hall–Kier alpha value is -2.51. The van der Waals surface area contributed by atoms with E-state index in [2.05, 4.69) is 5.32 Å². The Morgan fingerprint density at radius 1 is 1.22 bits per heavy atom. The minimum atomic E-state index is -1.55. The number of Topliss-reactive ketones (excluding diaryl/α,β-unsaturated/α-hetero) is 1. The molecule has 2 N–H and O–H groups in total. The van der Waals surface area contributed by atoms with E-state index in [1.54, 1.807) is 20.8 Å². The first-order valence-electron chi connectivity index (χ1n) is 6.70. The summed E-state index contributed by atoms with van der Waals surface area (Å²) in [5.41, 5.74) is -1.03. The maximum Gasteiger partial charge on any atom is 0.408 e. The van der Waals surface area contributed by atoms with Crippen molar-refractivity contribution < 1.29 is 33.0 Å². The highest BCUT2D eigenvalue weighted by Crippen LogP contribution is 2.12. The van der Waals surface area contributed by atoms with Gasteiger partial charge in [-0.15, -0.1) is 0 Å². The number of nitrogens with one attached hydrogen (secondary N) is 1. The first-order chi connectivity index (χ1) is 10.5. The number of hydrogen-bond acceptors (Lipinski definition) is 4. The summed E-state index contributed by atoms with van der Waals surface area (Å²) in [6.07, 6.45) is -1.62. The topological polar surface area (TPSA) is 92.7 Å². The first-order valence-corrected chi connectivity index (χ1v) is 6.70. The number of alkyl carbamates (subject to hydrolysis) is 1. The second-order valence-electron chi connectivity index (χ2n) is 5.79. The minimum Gasteiger partial charge on any atom is -0.480 e. The SMILES string of the molecule is CC(C)(C)OC(=O)NC(CC(=O)c1ccc(F)c(F)c1)C(=O)O. The molecular formula is C15H17F2NO5. The number of carboxylic acids is 1. The molecule has 8 heteroatoms. The number of carbonyl (C=O) groups excluding carboxylic acids is 2. The second kappa shape index (κ2) is 7.17. The van der Waals surface area contributed by atoms with Gasteiger partial charge in [-0.25, -0.2) is 18.4 Å². The lowest BCUT2D eigenvalue weighted by atomic mass is 10.0. The average molecular weight is 329 g/mol. The van der Waals surface area contributed by atoms with Crippen LogP contribution in [0.15, 0.2) is 18.2 Å². The van der Waals surface area contributed by atoms with Crippen LogP contribution < -0.4 is 5.32 Å². The Morgan fingerprint density at radius 3 is 2.30 bits per heavy atom. The molecule has 23 heavy (non-hydrogen) atoms. The van der Waals surface area contributed by atoms with Gasteiger partial charge in [0.05, 0.1) is 0 Å². The highest BCUT2D eigenvalue weighted by Gasteiger charge is 2.26. The highest BCUT2D eigenvalue weighted by molar-refractivity contribution is 5.99. The normalized spacial score (nSPS) is 12.4. The van der Waals surface area contributed by atoms with Crippen molar-refractivity contribution in [2.45, 2.75) is 38.8 Å². The van der Waals surface area contributed by atoms with Crippen LogP contribution in [0, 0.1) is 11.6 Å². The summed E-state index contributed by atoms with van der Waals surface area (Å²) in [6, 6.07) is 0.919. The van der Waals surface area contributed by atoms with E-state index in [0.29, 0.717) is 6.07 Å². The van der Waals surface area contributed by atoms with Crippen LogP contribution in [-0.4, -0.2) is 34.6 Å². The van der Waals surface area contributed by atoms with Crippen LogP contribution in [0.3, 0.4) is 0 Å². The molecule has 1 amide bonds. The summed E-state index contributed by atoms with van der Waals surface area (Å²) in [5, 5.41) is 11.1. The Balaban J connectivity index is 2.79. The van der Waals surface area contributed by atoms with Gasteiger partial charge in [-0.3, -0.25) is 4.79 Å². The number of rotatable bonds is 5. The Kier molecular flexibility index (Phi) is 5.78. The molecular weight excluding hydrogens is 312 g/mol. The molecule has 0 spiro atoms. The summed E-state index contributed by atoms with van der Waals surface area (Å²) in [6.45, 7) is 4.78. The van der Waals surface area contributed by atoms with Gasteiger partial charge in [0.2, 0.25) is 0 Å². The molecule has 0 fully saturated rings. The fraction of sp³-hybridized carbons (Fsp3) is 0.400. The third-order valence-corrected chi connectivity index (χ3v) is 2.62. The summed E-state index contributed by atoms with van der Waals surface area (Å²) in [5.74, 6) is -4.55. The van der Waals surface area contributed by atoms with Crippen LogP contribution in [0.4, 0.5) is 13.6 Å². The smallest absolute Gasteiger partial charge is 0.408 e. The van der Waals surface area contributed by atoms with Crippen molar-refractivity contribution in [2.24, 2.45) is 0 Å². The maximum atomic E-state index is 13.1. The lowest BCUT2D eigenvalue weighted by Crippen LogP contribution is -2.44. The van der Waals surface area contributed by atoms with Crippen LogP contribution in [0.25, 0.3) is 0 Å². The molecule has 0 aliphatic rings. The van der Waals surface area contributed by atoms with E-state index in [-0.39, 0.29) is 5.56 Å². The van der Waals surface area contributed by atoms with Crippen molar-refractivity contribution in [1.82, 2.24) is 5.32 Å². The van der Waals surface area contributed by atoms with E-state index >= 15 is 0 Å². The standard InChI is InChI=1S/C15H17F2NO5/c1-15(2,3)23-14(22)18-11(13(20)21)7-12(19)8-4-5-9(16)10(17)6-8/h4-6,11H,7H2,1-3H3,(H,18,22)(H,20,21). The number of ketones is 1. The van der Waals surface area contributed by atoms with Crippen LogP contribution >= 0.6 is 0 Å². The van der Waals surface area contributed by atoms with Crippen molar-refractivity contribution in [1.29, 1.82) is 0 Å². The number of benzene rings is 1.